The summed E-state index contributed by atoms with van der Waals surface area (Å²) in [7, 11) is 0. The van der Waals surface area contributed by atoms with Crippen LogP contribution >= 0.6 is 0 Å². The number of esters is 1. The minimum Gasteiger partial charge on any atom is -0.460 e. The predicted molar refractivity (Wildman–Crippen MR) is 133 cm³/mol. The summed E-state index contributed by atoms with van der Waals surface area (Å²) in [5.41, 5.74) is 3.60. The summed E-state index contributed by atoms with van der Waals surface area (Å²) < 4.78 is 5.46. The van der Waals surface area contributed by atoms with Gasteiger partial charge < -0.3 is 20.7 Å². The number of nitrogens with two attached hydrogens (primary N) is 1. The molecule has 0 spiro atoms. The first-order valence-corrected chi connectivity index (χ1v) is 12.5. The van der Waals surface area contributed by atoms with Gasteiger partial charge in [-0.05, 0) is 44.4 Å². The second-order valence-corrected chi connectivity index (χ2v) is 12.5. The lowest BCUT2D eigenvalue weighted by molar-refractivity contribution is -0.161. The van der Waals surface area contributed by atoms with E-state index in [4.69, 9.17) is 10.5 Å². The number of carbonyl (C=O) groups is 5. The van der Waals surface area contributed by atoms with Crippen LogP contribution in [0.15, 0.2) is 0 Å². The van der Waals surface area contributed by atoms with E-state index in [0.717, 1.165) is 6.42 Å². The summed E-state index contributed by atoms with van der Waals surface area (Å²) in [6.45, 7) is 17.1. The van der Waals surface area contributed by atoms with Crippen molar-refractivity contribution in [2.24, 2.45) is 22.5 Å². The molecule has 0 aliphatic carbocycles. The van der Waals surface area contributed by atoms with Gasteiger partial charge in [-0.15, -0.1) is 0 Å². The number of carbonyl (C=O) groups excluding carboxylic acids is 5. The van der Waals surface area contributed by atoms with Crippen LogP contribution in [0, 0.1) is 16.7 Å². The molecule has 1 saturated heterocycles. The van der Waals surface area contributed by atoms with Gasteiger partial charge >= 0.3 is 5.97 Å². The number of ether oxygens (including phenoxy) is 1. The number of ketones is 1. The number of likely N-dealkylation sites (tertiary alicyclic amines) is 1. The number of unbranched alkanes of at least 4 members (excludes halogenated alkanes) is 1. The van der Waals surface area contributed by atoms with Crippen LogP contribution in [0.3, 0.4) is 0 Å². The first-order valence-electron chi connectivity index (χ1n) is 12.5. The maximum atomic E-state index is 13.8. The molecule has 0 aromatic rings. The largest absolute Gasteiger partial charge is 0.460 e. The Balaban J connectivity index is 3.21. The molecule has 1 aliphatic rings. The van der Waals surface area contributed by atoms with Gasteiger partial charge in [0.2, 0.25) is 17.6 Å². The monoisotopic (exact) mass is 495 g/mol. The van der Waals surface area contributed by atoms with Gasteiger partial charge in [-0.1, -0.05) is 54.4 Å². The van der Waals surface area contributed by atoms with Crippen LogP contribution in [-0.2, 0) is 28.7 Å². The summed E-state index contributed by atoms with van der Waals surface area (Å²) in [4.78, 5) is 65.0. The van der Waals surface area contributed by atoms with E-state index >= 15 is 0 Å². The Kier molecular flexibility index (Phi) is 10.1. The van der Waals surface area contributed by atoms with Crippen molar-refractivity contribution in [1.82, 2.24) is 10.2 Å². The van der Waals surface area contributed by atoms with E-state index in [2.05, 4.69) is 5.32 Å². The molecule has 9 heteroatoms. The van der Waals surface area contributed by atoms with Gasteiger partial charge in [0.1, 0.15) is 11.6 Å². The Labute approximate surface area is 209 Å². The predicted octanol–water partition coefficient (Wildman–Crippen LogP) is 2.74. The summed E-state index contributed by atoms with van der Waals surface area (Å²) in [6, 6.07) is -1.86. The summed E-state index contributed by atoms with van der Waals surface area (Å²) in [5, 5.41) is 2.67. The molecule has 0 aromatic carbocycles. The van der Waals surface area contributed by atoms with E-state index in [1.807, 2.05) is 41.5 Å². The van der Waals surface area contributed by atoms with Crippen LogP contribution in [0.2, 0.25) is 0 Å². The van der Waals surface area contributed by atoms with E-state index in [9.17, 15) is 24.0 Å². The minimum absolute atomic E-state index is 0.107. The Morgan fingerprint density at radius 3 is 2.11 bits per heavy atom. The van der Waals surface area contributed by atoms with Crippen LogP contribution in [0.25, 0.3) is 0 Å². The van der Waals surface area contributed by atoms with E-state index in [1.165, 1.54) is 4.90 Å². The third-order valence-corrected chi connectivity index (χ3v) is 6.16. The molecule has 0 saturated carbocycles. The van der Waals surface area contributed by atoms with Gasteiger partial charge in [-0.3, -0.25) is 24.0 Å². The van der Waals surface area contributed by atoms with Gasteiger partial charge in [0, 0.05) is 6.54 Å². The lowest BCUT2D eigenvalue weighted by atomic mass is 9.77. The first-order chi connectivity index (χ1) is 15.8. The maximum absolute atomic E-state index is 13.8. The Morgan fingerprint density at radius 1 is 1.09 bits per heavy atom. The van der Waals surface area contributed by atoms with E-state index in [0.29, 0.717) is 19.4 Å². The molecule has 1 unspecified atom stereocenters. The quantitative estimate of drug-likeness (QED) is 0.353. The maximum Gasteiger partial charge on any atom is 0.307 e. The third-order valence-electron chi connectivity index (χ3n) is 6.16. The second-order valence-electron chi connectivity index (χ2n) is 12.5. The van der Waals surface area contributed by atoms with Crippen molar-refractivity contribution in [2.45, 2.75) is 112 Å². The molecular weight excluding hydrogens is 450 g/mol. The van der Waals surface area contributed by atoms with Crippen LogP contribution < -0.4 is 11.1 Å². The lowest BCUT2D eigenvalue weighted by Gasteiger charge is -2.35. The zero-order valence-corrected chi connectivity index (χ0v) is 22.9. The molecule has 1 rings (SSSR count). The van der Waals surface area contributed by atoms with Gasteiger partial charge in [0.25, 0.3) is 5.91 Å². The molecule has 9 nitrogen and oxygen atoms in total. The molecule has 35 heavy (non-hydrogen) atoms. The van der Waals surface area contributed by atoms with E-state index in [-0.39, 0.29) is 24.2 Å². The van der Waals surface area contributed by atoms with Gasteiger partial charge in [0.15, 0.2) is 0 Å². The summed E-state index contributed by atoms with van der Waals surface area (Å²) in [6.07, 6.45) is 1.97. The number of amides is 3. The molecule has 1 aliphatic heterocycles. The number of primary amides is 1. The number of hydrogen-bond acceptors (Lipinski definition) is 6. The van der Waals surface area contributed by atoms with Gasteiger partial charge in [-0.2, -0.15) is 0 Å². The lowest BCUT2D eigenvalue weighted by Crippen LogP contribution is -2.54. The number of rotatable bonds is 10. The molecule has 0 bridgehead atoms. The minimum atomic E-state index is -1.10. The highest BCUT2D eigenvalue weighted by Gasteiger charge is 2.48. The topological polar surface area (TPSA) is 136 Å². The zero-order chi connectivity index (χ0) is 27.4. The summed E-state index contributed by atoms with van der Waals surface area (Å²) in [5.74, 6) is -3.93. The normalized spacial score (nSPS) is 19.6. The second kappa shape index (κ2) is 11.5. The molecule has 0 radical (unpaired) electrons. The zero-order valence-electron chi connectivity index (χ0n) is 22.9. The van der Waals surface area contributed by atoms with Crippen LogP contribution in [-0.4, -0.2) is 58.6 Å². The third kappa shape index (κ3) is 9.26. The highest BCUT2D eigenvalue weighted by atomic mass is 16.6. The first kappa shape index (κ1) is 30.6. The Hall–Kier alpha value is -2.45. The van der Waals surface area contributed by atoms with Crippen molar-refractivity contribution in [3.05, 3.63) is 0 Å². The molecule has 1 fully saturated rings. The molecule has 1 heterocycles. The molecule has 3 amide bonds. The van der Waals surface area contributed by atoms with Crippen molar-refractivity contribution < 1.29 is 28.7 Å². The standard InChI is InChI=1S/C26H45N3O6/c1-10-11-12-17(20(31)21(27)32)28-22(33)18-14-26(8,9)15-29(18)23(34)16(24(2,3)4)13-19(30)35-25(5,6)7/h16-18H,10-15H2,1-9H3,(H2,27,32)(H,28,33)/t16-,17?,18+/m1/s1. The van der Waals surface area contributed by atoms with Crippen molar-refractivity contribution in [1.29, 1.82) is 0 Å². The van der Waals surface area contributed by atoms with Crippen molar-refractivity contribution >= 4 is 29.5 Å². The van der Waals surface area contributed by atoms with Crippen LogP contribution in [0.1, 0.15) is 94.4 Å². The van der Waals surface area contributed by atoms with Crippen LogP contribution in [0.5, 0.6) is 0 Å². The van der Waals surface area contributed by atoms with E-state index < -0.39 is 52.6 Å². The van der Waals surface area contributed by atoms with E-state index in [1.54, 1.807) is 20.8 Å². The SMILES string of the molecule is CCCCC(NC(=O)[C@@H]1CC(C)(C)CN1C(=O)[C@@H](CC(=O)OC(C)(C)C)C(C)(C)C)C(=O)C(N)=O. The van der Waals surface area contributed by atoms with Crippen molar-refractivity contribution in [3.63, 3.8) is 0 Å². The van der Waals surface area contributed by atoms with Gasteiger partial charge in [-0.25, -0.2) is 0 Å². The fraction of sp³-hybridized carbons (Fsp3) is 0.808. The van der Waals surface area contributed by atoms with Crippen molar-refractivity contribution in [3.8, 4) is 0 Å². The highest BCUT2D eigenvalue weighted by molar-refractivity contribution is 6.37. The fourth-order valence-corrected chi connectivity index (χ4v) is 4.37. The molecule has 3 N–H and O–H groups in total. The molecule has 200 valence electrons. The van der Waals surface area contributed by atoms with Crippen LogP contribution in [0.4, 0.5) is 0 Å². The summed E-state index contributed by atoms with van der Waals surface area (Å²) >= 11 is 0. The fourth-order valence-electron chi connectivity index (χ4n) is 4.37. The smallest absolute Gasteiger partial charge is 0.307 e. The average Bonchev–Trinajstić information content (AvgIpc) is 3.01. The average molecular weight is 496 g/mol. The number of Topliss-reactive ketones (excluding diaryl/α,β-unsaturated/α-hetero) is 1. The molecule has 3 atom stereocenters. The number of nitrogens with one attached hydrogen (secondary N) is 1. The number of nitrogens with zero attached hydrogens (tertiary/aromatic N) is 1. The highest BCUT2D eigenvalue weighted by Crippen LogP contribution is 2.39. The Bertz CT molecular complexity index is 822. The van der Waals surface area contributed by atoms with Crippen molar-refractivity contribution in [2.75, 3.05) is 6.54 Å². The number of hydrogen-bond donors (Lipinski definition) is 2. The van der Waals surface area contributed by atoms with Gasteiger partial charge in [0.05, 0.1) is 18.4 Å². The molecular formula is C26H45N3O6. The molecule has 0 aromatic heterocycles. The Morgan fingerprint density at radius 2 is 1.66 bits per heavy atom.